The second-order valence-electron chi connectivity index (χ2n) is 9.87. The van der Waals surface area contributed by atoms with Gasteiger partial charge in [-0.25, -0.2) is 18.3 Å². The molecule has 2 bridgehead atoms. The summed E-state index contributed by atoms with van der Waals surface area (Å²) in [5, 5.41) is 11.6. The molecule has 2 aliphatic heterocycles. The number of anilines is 2. The summed E-state index contributed by atoms with van der Waals surface area (Å²) in [6.07, 6.45) is 11.9. The Labute approximate surface area is 213 Å². The van der Waals surface area contributed by atoms with E-state index in [1.807, 2.05) is 19.2 Å². The summed E-state index contributed by atoms with van der Waals surface area (Å²) in [4.78, 5) is 7.37. The number of halogens is 2. The maximum Gasteiger partial charge on any atom is 0.284 e. The van der Waals surface area contributed by atoms with Gasteiger partial charge in [-0.2, -0.15) is 10.2 Å². The molecule has 3 aromatic heterocycles. The van der Waals surface area contributed by atoms with Gasteiger partial charge in [-0.1, -0.05) is 24.4 Å². The van der Waals surface area contributed by atoms with E-state index in [-0.39, 0.29) is 23.5 Å². The fraction of sp³-hybridized carbons (Fsp3) is 0.520. The standard InChI is InChI=1S/C25H29F2N7OS/c1-2-3-15-4-6-16(7-5-15)34-13-20(22(31-34)23(26)27)29-25(36)19-11-28-33-9-8-21(30-24(19)33)32-12-18-10-17(32)14-35-18/h2-3,8-9,11,13,15-18,23H,4-7,10,12,14H2,1H3,(H,29,36)/b3-2+/t15?,16?,17-,18-/m1/s1. The number of morpholine rings is 1. The highest BCUT2D eigenvalue weighted by atomic mass is 32.1. The quantitative estimate of drug-likeness (QED) is 0.370. The lowest BCUT2D eigenvalue weighted by atomic mass is 9.86. The molecule has 0 spiro atoms. The van der Waals surface area contributed by atoms with Crippen molar-refractivity contribution in [2.45, 2.75) is 63.6 Å². The first-order valence-corrected chi connectivity index (χ1v) is 12.9. The molecule has 3 aromatic rings. The topological polar surface area (TPSA) is 72.5 Å². The Morgan fingerprint density at radius 2 is 2.08 bits per heavy atom. The van der Waals surface area contributed by atoms with Crippen LogP contribution in [0, 0.1) is 5.92 Å². The summed E-state index contributed by atoms with van der Waals surface area (Å²) < 4.78 is 36.9. The molecule has 1 N–H and O–H groups in total. The van der Waals surface area contributed by atoms with E-state index in [1.165, 1.54) is 0 Å². The highest BCUT2D eigenvalue weighted by Gasteiger charge is 2.39. The number of rotatable bonds is 6. The zero-order valence-corrected chi connectivity index (χ0v) is 20.9. The maximum atomic E-state index is 13.9. The number of nitrogens with zero attached hydrogens (tertiary/aromatic N) is 6. The SMILES string of the molecule is C/C=C/C1CCC(n2cc(NC(=S)c3cnn4ccc(N5C[C@H]6C[C@@H]5CO6)nc34)c(C(F)F)n2)CC1. The molecule has 11 heteroatoms. The van der Waals surface area contributed by atoms with Gasteiger partial charge in [-0.15, -0.1) is 0 Å². The van der Waals surface area contributed by atoms with Crippen LogP contribution >= 0.6 is 12.2 Å². The zero-order valence-electron chi connectivity index (χ0n) is 20.1. The number of allylic oxidation sites excluding steroid dienone is 2. The van der Waals surface area contributed by atoms with E-state index in [0.717, 1.165) is 44.5 Å². The minimum Gasteiger partial charge on any atom is -0.374 e. The van der Waals surface area contributed by atoms with Crippen LogP contribution in [0.2, 0.25) is 0 Å². The Kier molecular flexibility index (Phi) is 6.20. The number of nitrogens with one attached hydrogen (secondary N) is 1. The molecule has 190 valence electrons. The predicted octanol–water partition coefficient (Wildman–Crippen LogP) is 4.94. The van der Waals surface area contributed by atoms with Gasteiger partial charge in [0.25, 0.3) is 6.43 Å². The molecule has 5 heterocycles. The van der Waals surface area contributed by atoms with E-state index < -0.39 is 6.43 Å². The molecule has 3 fully saturated rings. The normalized spacial score (nSPS) is 26.1. The lowest BCUT2D eigenvalue weighted by Gasteiger charge is -2.27. The fourth-order valence-electron chi connectivity index (χ4n) is 5.73. The Morgan fingerprint density at radius 3 is 2.78 bits per heavy atom. The van der Waals surface area contributed by atoms with E-state index in [2.05, 4.69) is 32.6 Å². The molecule has 1 aliphatic carbocycles. The summed E-state index contributed by atoms with van der Waals surface area (Å²) in [7, 11) is 0. The van der Waals surface area contributed by atoms with Crippen LogP contribution in [0.25, 0.3) is 5.65 Å². The van der Waals surface area contributed by atoms with Gasteiger partial charge >= 0.3 is 0 Å². The molecule has 8 nitrogen and oxygen atoms in total. The monoisotopic (exact) mass is 513 g/mol. The number of thiocarbonyl (C=S) groups is 1. The lowest BCUT2D eigenvalue weighted by Crippen LogP contribution is -2.37. The van der Waals surface area contributed by atoms with E-state index in [4.69, 9.17) is 21.9 Å². The molecule has 0 aromatic carbocycles. The highest BCUT2D eigenvalue weighted by Crippen LogP contribution is 2.36. The third-order valence-electron chi connectivity index (χ3n) is 7.59. The first-order chi connectivity index (χ1) is 17.5. The minimum atomic E-state index is -2.71. The maximum absolute atomic E-state index is 13.9. The van der Waals surface area contributed by atoms with Crippen LogP contribution < -0.4 is 10.2 Å². The molecule has 0 radical (unpaired) electrons. The van der Waals surface area contributed by atoms with E-state index >= 15 is 0 Å². The van der Waals surface area contributed by atoms with Crippen LogP contribution in [0.1, 0.15) is 62.8 Å². The van der Waals surface area contributed by atoms with Crippen LogP contribution in [-0.4, -0.2) is 54.7 Å². The van der Waals surface area contributed by atoms with Crippen molar-refractivity contribution < 1.29 is 13.5 Å². The van der Waals surface area contributed by atoms with Crippen molar-refractivity contribution in [2.24, 2.45) is 5.92 Å². The highest BCUT2D eigenvalue weighted by molar-refractivity contribution is 7.81. The van der Waals surface area contributed by atoms with Crippen molar-refractivity contribution in [1.82, 2.24) is 24.4 Å². The lowest BCUT2D eigenvalue weighted by molar-refractivity contribution is 0.0989. The predicted molar refractivity (Wildman–Crippen MR) is 137 cm³/mol. The summed E-state index contributed by atoms with van der Waals surface area (Å²) in [6.45, 7) is 3.55. The zero-order chi connectivity index (χ0) is 24.8. The summed E-state index contributed by atoms with van der Waals surface area (Å²) >= 11 is 5.64. The van der Waals surface area contributed by atoms with Crippen molar-refractivity contribution in [1.29, 1.82) is 0 Å². The molecule has 0 amide bonds. The molecule has 1 saturated carbocycles. The van der Waals surface area contributed by atoms with Crippen LogP contribution in [0.15, 0.2) is 36.8 Å². The number of hydrogen-bond donors (Lipinski definition) is 1. The van der Waals surface area contributed by atoms with Gasteiger partial charge < -0.3 is 15.0 Å². The Morgan fingerprint density at radius 1 is 1.25 bits per heavy atom. The number of fused-ring (bicyclic) bond motifs is 3. The minimum absolute atomic E-state index is 0.106. The molecular weight excluding hydrogens is 484 g/mol. The summed E-state index contributed by atoms with van der Waals surface area (Å²) in [5.74, 6) is 1.40. The van der Waals surface area contributed by atoms with Gasteiger partial charge in [0.1, 0.15) is 10.8 Å². The fourth-order valence-corrected chi connectivity index (χ4v) is 5.98. The van der Waals surface area contributed by atoms with Crippen LogP contribution in [0.4, 0.5) is 20.3 Å². The summed E-state index contributed by atoms with van der Waals surface area (Å²) in [6, 6.07) is 2.37. The van der Waals surface area contributed by atoms with Gasteiger partial charge in [0, 0.05) is 18.9 Å². The average Bonchev–Trinajstić information content (AvgIpc) is 3.67. The molecule has 2 atom stereocenters. The van der Waals surface area contributed by atoms with Gasteiger partial charge in [0.2, 0.25) is 0 Å². The van der Waals surface area contributed by atoms with Crippen molar-refractivity contribution in [3.63, 3.8) is 0 Å². The van der Waals surface area contributed by atoms with Crippen LogP contribution in [-0.2, 0) is 4.74 Å². The Bertz CT molecular complexity index is 1300. The number of hydrogen-bond acceptors (Lipinski definition) is 6. The average molecular weight is 514 g/mol. The number of alkyl halides is 2. The van der Waals surface area contributed by atoms with Crippen LogP contribution in [0.5, 0.6) is 0 Å². The molecule has 0 unspecified atom stereocenters. The summed E-state index contributed by atoms with van der Waals surface area (Å²) in [5.41, 5.74) is 1.12. The number of aromatic nitrogens is 5. The molecule has 36 heavy (non-hydrogen) atoms. The number of ether oxygens (including phenoxy) is 1. The Hall–Kier alpha value is -2.92. The smallest absolute Gasteiger partial charge is 0.284 e. The van der Waals surface area contributed by atoms with E-state index in [9.17, 15) is 8.78 Å². The molecule has 2 saturated heterocycles. The van der Waals surface area contributed by atoms with Crippen molar-refractivity contribution in [2.75, 3.05) is 23.4 Å². The third kappa shape index (κ3) is 4.28. The first-order valence-electron chi connectivity index (χ1n) is 12.5. The van der Waals surface area contributed by atoms with E-state index in [0.29, 0.717) is 34.8 Å². The van der Waals surface area contributed by atoms with Gasteiger partial charge in [0.15, 0.2) is 11.3 Å². The Balaban J connectivity index is 1.23. The first kappa shape index (κ1) is 23.5. The second-order valence-corrected chi connectivity index (χ2v) is 10.3. The second kappa shape index (κ2) is 9.51. The molecule has 3 aliphatic rings. The molecule has 6 rings (SSSR count). The van der Waals surface area contributed by atoms with Gasteiger partial charge in [-0.05, 0) is 51.0 Å². The van der Waals surface area contributed by atoms with Crippen molar-refractivity contribution in [3.8, 4) is 0 Å². The third-order valence-corrected chi connectivity index (χ3v) is 7.91. The largest absolute Gasteiger partial charge is 0.374 e. The van der Waals surface area contributed by atoms with Gasteiger partial charge in [-0.3, -0.25) is 4.68 Å². The van der Waals surface area contributed by atoms with E-state index in [1.54, 1.807) is 21.6 Å². The van der Waals surface area contributed by atoms with Crippen LogP contribution in [0.3, 0.4) is 0 Å². The van der Waals surface area contributed by atoms with Crippen molar-refractivity contribution >= 4 is 34.4 Å². The van der Waals surface area contributed by atoms with Crippen molar-refractivity contribution in [3.05, 3.63) is 48.1 Å². The van der Waals surface area contributed by atoms with Gasteiger partial charge in [0.05, 0.1) is 42.2 Å². The molecular formula is C25H29F2N7OS.